The van der Waals surface area contributed by atoms with E-state index < -0.39 is 0 Å². The summed E-state index contributed by atoms with van der Waals surface area (Å²) >= 11 is 1.17. The molecule has 6 heteroatoms. The minimum atomic E-state index is -0.300. The fourth-order valence-electron chi connectivity index (χ4n) is 2.18. The number of carbonyl (C=O) groups is 3. The highest BCUT2D eigenvalue weighted by Gasteiger charge is 2.32. The summed E-state index contributed by atoms with van der Waals surface area (Å²) < 4.78 is 0. The molecule has 0 saturated carbocycles. The summed E-state index contributed by atoms with van der Waals surface area (Å²) in [5.41, 5.74) is 1.23. The largest absolute Gasteiger partial charge is 0.396 e. The van der Waals surface area contributed by atoms with Crippen LogP contribution in [0.2, 0.25) is 0 Å². The number of aliphatic hydroxyl groups excluding tert-OH is 1. The van der Waals surface area contributed by atoms with Gasteiger partial charge < -0.3 is 10.4 Å². The van der Waals surface area contributed by atoms with Gasteiger partial charge >= 0.3 is 0 Å². The molecule has 0 aromatic heterocycles. The maximum absolute atomic E-state index is 12.5. The van der Waals surface area contributed by atoms with Crippen molar-refractivity contribution in [2.45, 2.75) is 13.8 Å². The first-order valence-corrected chi connectivity index (χ1v) is 7.40. The SMILES string of the molecule is CC(=O)Nc1cccc2c1C(=O)C(C)=C(SCCO)C2=O. The summed E-state index contributed by atoms with van der Waals surface area (Å²) in [6.07, 6.45) is 0. The smallest absolute Gasteiger partial charge is 0.221 e. The van der Waals surface area contributed by atoms with Crippen LogP contribution in [0.5, 0.6) is 0 Å². The van der Waals surface area contributed by atoms with Crippen LogP contribution in [0.3, 0.4) is 0 Å². The lowest BCUT2D eigenvalue weighted by atomic mass is 9.88. The van der Waals surface area contributed by atoms with Crippen molar-refractivity contribution in [3.05, 3.63) is 39.8 Å². The van der Waals surface area contributed by atoms with Gasteiger partial charge in [0.25, 0.3) is 0 Å². The first-order valence-electron chi connectivity index (χ1n) is 6.42. The number of hydrogen-bond acceptors (Lipinski definition) is 5. The van der Waals surface area contributed by atoms with Gasteiger partial charge in [0, 0.05) is 23.8 Å². The van der Waals surface area contributed by atoms with Crippen LogP contribution >= 0.6 is 11.8 Å². The Balaban J connectivity index is 2.52. The summed E-state index contributed by atoms with van der Waals surface area (Å²) in [7, 11) is 0. The van der Waals surface area contributed by atoms with E-state index in [0.29, 0.717) is 21.9 Å². The molecule has 2 N–H and O–H groups in total. The fourth-order valence-corrected chi connectivity index (χ4v) is 3.03. The van der Waals surface area contributed by atoms with Gasteiger partial charge in [0.1, 0.15) is 0 Å². The maximum atomic E-state index is 12.5. The number of fused-ring (bicyclic) bond motifs is 1. The van der Waals surface area contributed by atoms with Crippen LogP contribution < -0.4 is 5.32 Å². The molecule has 1 aromatic carbocycles. The molecule has 0 spiro atoms. The normalized spacial score (nSPS) is 14.2. The van der Waals surface area contributed by atoms with E-state index >= 15 is 0 Å². The van der Waals surface area contributed by atoms with Crippen molar-refractivity contribution in [1.29, 1.82) is 0 Å². The number of hydrogen-bond donors (Lipinski definition) is 2. The maximum Gasteiger partial charge on any atom is 0.221 e. The molecule has 0 aliphatic heterocycles. The van der Waals surface area contributed by atoms with Gasteiger partial charge in [-0.3, -0.25) is 14.4 Å². The van der Waals surface area contributed by atoms with Crippen LogP contribution in [-0.4, -0.2) is 34.9 Å². The van der Waals surface area contributed by atoms with Crippen LogP contribution in [0.15, 0.2) is 28.7 Å². The Morgan fingerprint density at radius 2 is 2.00 bits per heavy atom. The molecule has 1 aromatic rings. The van der Waals surface area contributed by atoms with E-state index in [0.717, 1.165) is 0 Å². The van der Waals surface area contributed by atoms with Crippen molar-refractivity contribution in [3.63, 3.8) is 0 Å². The number of carbonyl (C=O) groups excluding carboxylic acids is 3. The van der Waals surface area contributed by atoms with Gasteiger partial charge in [-0.25, -0.2) is 0 Å². The molecule has 0 atom stereocenters. The number of allylic oxidation sites excluding steroid dienone is 2. The second-order valence-corrected chi connectivity index (χ2v) is 5.70. The molecule has 1 aliphatic rings. The highest BCUT2D eigenvalue weighted by molar-refractivity contribution is 8.04. The van der Waals surface area contributed by atoms with Gasteiger partial charge in [-0.05, 0) is 13.0 Å². The lowest BCUT2D eigenvalue weighted by molar-refractivity contribution is -0.114. The molecule has 0 unspecified atom stereocenters. The minimum absolute atomic E-state index is 0.0678. The van der Waals surface area contributed by atoms with E-state index in [1.165, 1.54) is 18.7 Å². The third-order valence-corrected chi connectivity index (χ3v) is 4.24. The minimum Gasteiger partial charge on any atom is -0.396 e. The molecule has 21 heavy (non-hydrogen) atoms. The number of anilines is 1. The van der Waals surface area contributed by atoms with E-state index in [4.69, 9.17) is 5.11 Å². The van der Waals surface area contributed by atoms with Gasteiger partial charge in [-0.2, -0.15) is 0 Å². The van der Waals surface area contributed by atoms with E-state index in [-0.39, 0.29) is 35.2 Å². The standard InChI is InChI=1S/C15H15NO4S/c1-8-13(19)12-10(14(20)15(8)21-7-6-17)4-3-5-11(12)16-9(2)18/h3-5,17H,6-7H2,1-2H3,(H,16,18). The first kappa shape index (κ1) is 15.5. The van der Waals surface area contributed by atoms with Crippen LogP contribution in [0.1, 0.15) is 34.6 Å². The van der Waals surface area contributed by atoms with E-state index in [1.54, 1.807) is 25.1 Å². The average molecular weight is 305 g/mol. The molecule has 5 nitrogen and oxygen atoms in total. The predicted octanol–water partition coefficient (Wildman–Crippen LogP) is 2.02. The highest BCUT2D eigenvalue weighted by atomic mass is 32.2. The Kier molecular flexibility index (Phi) is 4.59. The zero-order valence-electron chi connectivity index (χ0n) is 11.7. The van der Waals surface area contributed by atoms with Gasteiger partial charge in [-0.15, -0.1) is 11.8 Å². The first-order chi connectivity index (χ1) is 9.97. The molecular weight excluding hydrogens is 290 g/mol. The molecule has 0 heterocycles. The van der Waals surface area contributed by atoms with Crippen LogP contribution in [-0.2, 0) is 4.79 Å². The Bertz CT molecular complexity index is 664. The second-order valence-electron chi connectivity index (χ2n) is 4.59. The zero-order chi connectivity index (χ0) is 15.6. The molecule has 0 saturated heterocycles. The number of ketones is 2. The van der Waals surface area contributed by atoms with E-state index in [1.807, 2.05) is 0 Å². The van der Waals surface area contributed by atoms with Crippen LogP contribution in [0.25, 0.3) is 0 Å². The highest BCUT2D eigenvalue weighted by Crippen LogP contribution is 2.35. The Morgan fingerprint density at radius 3 is 2.62 bits per heavy atom. The third-order valence-electron chi connectivity index (χ3n) is 3.07. The number of rotatable bonds is 4. The number of thioether (sulfide) groups is 1. The number of amides is 1. The lowest BCUT2D eigenvalue weighted by Gasteiger charge is -2.21. The van der Waals surface area contributed by atoms with Crippen molar-refractivity contribution in [3.8, 4) is 0 Å². The van der Waals surface area contributed by atoms with Gasteiger partial charge in [-0.1, -0.05) is 12.1 Å². The Morgan fingerprint density at radius 1 is 1.29 bits per heavy atom. The average Bonchev–Trinajstić information content (AvgIpc) is 2.44. The molecule has 2 rings (SSSR count). The second kappa shape index (κ2) is 6.24. The molecular formula is C15H15NO4S. The van der Waals surface area contributed by atoms with Crippen LogP contribution in [0.4, 0.5) is 5.69 Å². The van der Waals surface area contributed by atoms with Gasteiger partial charge in [0.15, 0.2) is 5.78 Å². The van der Waals surface area contributed by atoms with E-state index in [2.05, 4.69) is 5.32 Å². The number of benzene rings is 1. The summed E-state index contributed by atoms with van der Waals surface area (Å²) in [5, 5.41) is 11.5. The van der Waals surface area contributed by atoms with Gasteiger partial charge in [0.05, 0.1) is 22.8 Å². The lowest BCUT2D eigenvalue weighted by Crippen LogP contribution is -2.22. The number of nitrogens with one attached hydrogen (secondary N) is 1. The van der Waals surface area contributed by atoms with Crippen molar-refractivity contribution in [2.75, 3.05) is 17.7 Å². The van der Waals surface area contributed by atoms with Crippen molar-refractivity contribution < 1.29 is 19.5 Å². The predicted molar refractivity (Wildman–Crippen MR) is 81.7 cm³/mol. The molecule has 110 valence electrons. The topological polar surface area (TPSA) is 83.5 Å². The van der Waals surface area contributed by atoms with E-state index in [9.17, 15) is 14.4 Å². The molecule has 1 aliphatic carbocycles. The summed E-state index contributed by atoms with van der Waals surface area (Å²) in [5.74, 6) is -0.459. The number of aliphatic hydroxyl groups is 1. The monoisotopic (exact) mass is 305 g/mol. The summed E-state index contributed by atoms with van der Waals surface area (Å²) in [6.45, 7) is 2.87. The quantitative estimate of drug-likeness (QED) is 0.889. The fraction of sp³-hybridized carbons (Fsp3) is 0.267. The zero-order valence-corrected chi connectivity index (χ0v) is 12.5. The van der Waals surface area contributed by atoms with Crippen molar-refractivity contribution in [2.24, 2.45) is 0 Å². The summed E-state index contributed by atoms with van der Waals surface area (Å²) in [4.78, 5) is 36.6. The van der Waals surface area contributed by atoms with Crippen LogP contribution in [0, 0.1) is 0 Å². The molecule has 1 amide bonds. The number of Topliss-reactive ketones (excluding diaryl/α,β-unsaturated/α-hetero) is 2. The van der Waals surface area contributed by atoms with Crippen molar-refractivity contribution >= 4 is 34.9 Å². The molecule has 0 radical (unpaired) electrons. The van der Waals surface area contributed by atoms with Crippen molar-refractivity contribution in [1.82, 2.24) is 0 Å². The Hall–Kier alpha value is -1.92. The summed E-state index contributed by atoms with van der Waals surface area (Å²) in [6, 6.07) is 4.81. The molecule has 0 fully saturated rings. The van der Waals surface area contributed by atoms with Gasteiger partial charge in [0.2, 0.25) is 11.7 Å². The Labute approximate surface area is 126 Å². The third kappa shape index (κ3) is 2.91. The molecule has 0 bridgehead atoms.